The van der Waals surface area contributed by atoms with Crippen molar-refractivity contribution in [3.63, 3.8) is 0 Å². The first-order valence-corrected chi connectivity index (χ1v) is 4.67. The molecule has 0 spiro atoms. The van der Waals surface area contributed by atoms with Crippen molar-refractivity contribution >= 4 is 11.0 Å². The molecule has 0 bridgehead atoms. The van der Waals surface area contributed by atoms with E-state index in [-0.39, 0.29) is 5.56 Å². The molecule has 0 aliphatic carbocycles. The third-order valence-corrected chi connectivity index (χ3v) is 2.31. The molecule has 0 aliphatic rings. The van der Waals surface area contributed by atoms with Gasteiger partial charge in [-0.05, 0) is 26.8 Å². The highest BCUT2D eigenvalue weighted by Crippen LogP contribution is 2.17. The van der Waals surface area contributed by atoms with E-state index in [2.05, 4.69) is 28.4 Å². The first-order chi connectivity index (χ1) is 6.61. The number of aryl methyl sites for hydroxylation is 1. The van der Waals surface area contributed by atoms with Crippen LogP contribution in [0.2, 0.25) is 0 Å². The summed E-state index contributed by atoms with van der Waals surface area (Å²) in [7, 11) is 0. The van der Waals surface area contributed by atoms with E-state index in [1.54, 1.807) is 6.20 Å². The van der Waals surface area contributed by atoms with E-state index in [1.165, 1.54) is 0 Å². The minimum Gasteiger partial charge on any atom is -0.327 e. The van der Waals surface area contributed by atoms with Crippen LogP contribution in [0, 0.1) is 6.92 Å². The van der Waals surface area contributed by atoms with Gasteiger partial charge in [0.15, 0.2) is 5.52 Å². The number of aromatic amines is 1. The summed E-state index contributed by atoms with van der Waals surface area (Å²) in [6.45, 7) is 6.07. The Kier molecular flexibility index (Phi) is 1.91. The summed E-state index contributed by atoms with van der Waals surface area (Å²) in [5, 5.41) is 0. The molecule has 0 aromatic carbocycles. The normalized spacial score (nSPS) is 11.4. The third-order valence-electron chi connectivity index (χ3n) is 2.31. The van der Waals surface area contributed by atoms with Crippen LogP contribution in [0.5, 0.6) is 0 Å². The number of nitrogens with zero attached hydrogens (tertiary/aromatic N) is 2. The van der Waals surface area contributed by atoms with E-state index >= 15 is 0 Å². The Morgan fingerprint density at radius 2 is 2.21 bits per heavy atom. The lowest BCUT2D eigenvalue weighted by Gasteiger charge is -2.09. The van der Waals surface area contributed by atoms with E-state index in [0.29, 0.717) is 11.6 Å². The summed E-state index contributed by atoms with van der Waals surface area (Å²) in [4.78, 5) is 18.3. The smallest absolute Gasteiger partial charge is 0.276 e. The number of H-pyrrole nitrogens is 1. The molecule has 4 heteroatoms. The monoisotopic (exact) mass is 191 g/mol. The van der Waals surface area contributed by atoms with Gasteiger partial charge in [0, 0.05) is 12.2 Å². The van der Waals surface area contributed by atoms with Crippen molar-refractivity contribution in [2.75, 3.05) is 0 Å². The standard InChI is InChI=1S/C10H13N3O/c1-6(2)13-7(3)12-9-8(13)4-5-11-10(9)14/h4-6H,1-3H3,(H,11,14). The maximum absolute atomic E-state index is 11.4. The lowest BCUT2D eigenvalue weighted by molar-refractivity contribution is 0.600. The molecule has 0 unspecified atom stereocenters. The highest BCUT2D eigenvalue weighted by Gasteiger charge is 2.11. The average Bonchev–Trinajstić information content (AvgIpc) is 2.42. The molecule has 2 rings (SSSR count). The van der Waals surface area contributed by atoms with Crippen molar-refractivity contribution in [3.8, 4) is 0 Å². The molecule has 2 heterocycles. The minimum absolute atomic E-state index is 0.120. The Hall–Kier alpha value is -1.58. The van der Waals surface area contributed by atoms with Gasteiger partial charge in [-0.15, -0.1) is 0 Å². The van der Waals surface area contributed by atoms with Gasteiger partial charge in [0.2, 0.25) is 0 Å². The van der Waals surface area contributed by atoms with Gasteiger partial charge >= 0.3 is 0 Å². The van der Waals surface area contributed by atoms with Gasteiger partial charge in [0.25, 0.3) is 5.56 Å². The zero-order chi connectivity index (χ0) is 10.3. The molecule has 0 amide bonds. The van der Waals surface area contributed by atoms with Crippen LogP contribution in [0.1, 0.15) is 25.7 Å². The van der Waals surface area contributed by atoms with Crippen LogP contribution in [-0.2, 0) is 0 Å². The molecular formula is C10H13N3O. The fraction of sp³-hybridized carbons (Fsp3) is 0.400. The SMILES string of the molecule is Cc1nc2c(=O)[nH]ccc2n1C(C)C. The lowest BCUT2D eigenvalue weighted by atomic mass is 10.3. The van der Waals surface area contributed by atoms with Crippen LogP contribution in [0.25, 0.3) is 11.0 Å². The molecule has 0 radical (unpaired) electrons. The van der Waals surface area contributed by atoms with Crippen LogP contribution in [-0.4, -0.2) is 14.5 Å². The fourth-order valence-electron chi connectivity index (χ4n) is 1.80. The highest BCUT2D eigenvalue weighted by molar-refractivity contribution is 5.74. The number of rotatable bonds is 1. The maximum atomic E-state index is 11.4. The van der Waals surface area contributed by atoms with E-state index < -0.39 is 0 Å². The van der Waals surface area contributed by atoms with Crippen molar-refractivity contribution in [2.24, 2.45) is 0 Å². The predicted molar refractivity (Wildman–Crippen MR) is 55.5 cm³/mol. The van der Waals surface area contributed by atoms with Crippen molar-refractivity contribution in [2.45, 2.75) is 26.8 Å². The van der Waals surface area contributed by atoms with Crippen molar-refractivity contribution in [1.29, 1.82) is 0 Å². The van der Waals surface area contributed by atoms with Crippen molar-refractivity contribution in [1.82, 2.24) is 14.5 Å². The topological polar surface area (TPSA) is 50.7 Å². The number of nitrogens with one attached hydrogen (secondary N) is 1. The molecule has 14 heavy (non-hydrogen) atoms. The Balaban J connectivity index is 2.91. The predicted octanol–water partition coefficient (Wildman–Crippen LogP) is 1.61. The van der Waals surface area contributed by atoms with E-state index in [0.717, 1.165) is 11.3 Å². The first-order valence-electron chi connectivity index (χ1n) is 4.67. The van der Waals surface area contributed by atoms with Crippen LogP contribution in [0.15, 0.2) is 17.1 Å². The third kappa shape index (κ3) is 1.14. The molecule has 0 saturated heterocycles. The van der Waals surface area contributed by atoms with Crippen LogP contribution >= 0.6 is 0 Å². The maximum Gasteiger partial charge on any atom is 0.276 e. The van der Waals surface area contributed by atoms with Crippen LogP contribution < -0.4 is 5.56 Å². The van der Waals surface area contributed by atoms with Crippen molar-refractivity contribution in [3.05, 3.63) is 28.4 Å². The molecule has 0 aliphatic heterocycles. The number of aromatic nitrogens is 3. The van der Waals surface area contributed by atoms with Gasteiger partial charge in [0.1, 0.15) is 5.82 Å². The van der Waals surface area contributed by atoms with Crippen molar-refractivity contribution < 1.29 is 0 Å². The summed E-state index contributed by atoms with van der Waals surface area (Å²) in [5.74, 6) is 0.881. The summed E-state index contributed by atoms with van der Waals surface area (Å²) in [6.07, 6.45) is 1.66. The van der Waals surface area contributed by atoms with E-state index in [4.69, 9.17) is 0 Å². The second kappa shape index (κ2) is 2.97. The van der Waals surface area contributed by atoms with Gasteiger partial charge in [-0.2, -0.15) is 0 Å². The van der Waals surface area contributed by atoms with E-state index in [1.807, 2.05) is 13.0 Å². The minimum atomic E-state index is -0.120. The quantitative estimate of drug-likeness (QED) is 0.744. The molecule has 4 nitrogen and oxygen atoms in total. The number of hydrogen-bond acceptors (Lipinski definition) is 2. The van der Waals surface area contributed by atoms with Crippen LogP contribution in [0.4, 0.5) is 0 Å². The van der Waals surface area contributed by atoms with Crippen LogP contribution in [0.3, 0.4) is 0 Å². The Bertz CT molecular complexity index is 522. The molecule has 1 N–H and O–H groups in total. The lowest BCUT2D eigenvalue weighted by Crippen LogP contribution is -2.06. The number of pyridine rings is 1. The first kappa shape index (κ1) is 8.99. The second-order valence-corrected chi connectivity index (χ2v) is 3.66. The molecule has 0 fully saturated rings. The van der Waals surface area contributed by atoms with Gasteiger partial charge in [0.05, 0.1) is 5.52 Å². The Morgan fingerprint density at radius 3 is 2.86 bits per heavy atom. The zero-order valence-corrected chi connectivity index (χ0v) is 8.53. The Morgan fingerprint density at radius 1 is 1.50 bits per heavy atom. The molecule has 0 saturated carbocycles. The largest absolute Gasteiger partial charge is 0.327 e. The van der Waals surface area contributed by atoms with Gasteiger partial charge in [-0.1, -0.05) is 0 Å². The van der Waals surface area contributed by atoms with Gasteiger partial charge in [-0.25, -0.2) is 4.98 Å². The summed E-state index contributed by atoms with van der Waals surface area (Å²) in [5.41, 5.74) is 1.31. The highest BCUT2D eigenvalue weighted by atomic mass is 16.1. The average molecular weight is 191 g/mol. The summed E-state index contributed by atoms with van der Waals surface area (Å²) >= 11 is 0. The second-order valence-electron chi connectivity index (χ2n) is 3.66. The Labute approximate surface area is 81.6 Å². The molecule has 2 aromatic heterocycles. The number of hydrogen-bond donors (Lipinski definition) is 1. The number of fused-ring (bicyclic) bond motifs is 1. The fourth-order valence-corrected chi connectivity index (χ4v) is 1.80. The summed E-state index contributed by atoms with van der Waals surface area (Å²) in [6, 6.07) is 2.21. The van der Waals surface area contributed by atoms with Gasteiger partial charge in [-0.3, -0.25) is 4.79 Å². The zero-order valence-electron chi connectivity index (χ0n) is 8.53. The molecule has 74 valence electrons. The number of imidazole rings is 1. The van der Waals surface area contributed by atoms with E-state index in [9.17, 15) is 4.79 Å². The molecule has 0 atom stereocenters. The molecule has 2 aromatic rings. The summed E-state index contributed by atoms with van der Waals surface area (Å²) < 4.78 is 2.06. The molecular weight excluding hydrogens is 178 g/mol. The van der Waals surface area contributed by atoms with Gasteiger partial charge < -0.3 is 9.55 Å².